The fourth-order valence-corrected chi connectivity index (χ4v) is 4.81. The van der Waals surface area contributed by atoms with Crippen molar-refractivity contribution in [2.24, 2.45) is 23.7 Å². The second kappa shape index (κ2) is 8.67. The van der Waals surface area contributed by atoms with Crippen LogP contribution in [0.25, 0.3) is 0 Å². The van der Waals surface area contributed by atoms with Gasteiger partial charge in [-0.05, 0) is 75.0 Å². The van der Waals surface area contributed by atoms with E-state index in [9.17, 15) is 0 Å². The molecule has 2 aliphatic carbocycles. The molecule has 2 unspecified atom stereocenters. The summed E-state index contributed by atoms with van der Waals surface area (Å²) >= 11 is 0. The van der Waals surface area contributed by atoms with Crippen LogP contribution in [0.2, 0.25) is 0 Å². The summed E-state index contributed by atoms with van der Waals surface area (Å²) in [6, 6.07) is 0. The Morgan fingerprint density at radius 2 is 1.39 bits per heavy atom. The molecule has 2 heteroatoms. The minimum atomic E-state index is 0.337. The van der Waals surface area contributed by atoms with Crippen molar-refractivity contribution in [3.8, 4) is 0 Å². The molecule has 0 aromatic heterocycles. The monoisotopic (exact) mass is 320 g/mol. The molecule has 0 aromatic carbocycles. The van der Waals surface area contributed by atoms with E-state index in [0.29, 0.717) is 12.2 Å². The summed E-state index contributed by atoms with van der Waals surface area (Å²) in [5, 5.41) is 0. The van der Waals surface area contributed by atoms with E-state index in [1.807, 2.05) is 0 Å². The number of ether oxygens (including phenoxy) is 2. The Balaban J connectivity index is 1.37. The highest BCUT2D eigenvalue weighted by molar-refractivity contribution is 4.96. The zero-order valence-electron chi connectivity index (χ0n) is 15.2. The molecule has 0 spiro atoms. The van der Waals surface area contributed by atoms with Crippen molar-refractivity contribution in [2.45, 2.75) is 83.3 Å². The first-order valence-corrected chi connectivity index (χ1v) is 10.1. The van der Waals surface area contributed by atoms with Gasteiger partial charge in [0.25, 0.3) is 0 Å². The Hall–Kier alpha value is -0.340. The third kappa shape index (κ3) is 5.06. The van der Waals surface area contributed by atoms with E-state index >= 15 is 0 Å². The van der Waals surface area contributed by atoms with E-state index in [1.54, 1.807) is 7.11 Å². The first-order valence-electron chi connectivity index (χ1n) is 10.1. The van der Waals surface area contributed by atoms with Gasteiger partial charge in [-0.1, -0.05) is 31.9 Å². The van der Waals surface area contributed by atoms with Crippen LogP contribution in [0.15, 0.2) is 12.2 Å². The lowest BCUT2D eigenvalue weighted by Gasteiger charge is -2.37. The zero-order chi connectivity index (χ0) is 16.1. The lowest BCUT2D eigenvalue weighted by atomic mass is 9.76. The van der Waals surface area contributed by atoms with E-state index in [4.69, 9.17) is 9.47 Å². The standard InChI is InChI=1S/C21H36O2/c1-16-3-5-17(6-4-16)7-8-18-9-11-19(12-10-18)21-14-13-20(22-2)15-23-21/h7-8,16-21H,3-6,9-15H2,1-2H3/b8-7+. The first kappa shape index (κ1) is 17.5. The molecular formula is C21H36O2. The molecule has 3 aliphatic rings. The van der Waals surface area contributed by atoms with E-state index in [0.717, 1.165) is 30.3 Å². The van der Waals surface area contributed by atoms with Crippen molar-refractivity contribution in [2.75, 3.05) is 13.7 Å². The van der Waals surface area contributed by atoms with Crippen LogP contribution in [0.5, 0.6) is 0 Å². The van der Waals surface area contributed by atoms with Gasteiger partial charge in [0.05, 0.1) is 18.8 Å². The maximum atomic E-state index is 6.08. The van der Waals surface area contributed by atoms with Crippen LogP contribution in [0.3, 0.4) is 0 Å². The van der Waals surface area contributed by atoms with Crippen LogP contribution in [0, 0.1) is 23.7 Å². The molecule has 1 heterocycles. The van der Waals surface area contributed by atoms with Crippen molar-refractivity contribution >= 4 is 0 Å². The van der Waals surface area contributed by atoms with Gasteiger partial charge in [0.15, 0.2) is 0 Å². The number of methoxy groups -OCH3 is 1. The molecule has 3 rings (SSSR count). The van der Waals surface area contributed by atoms with Crippen molar-refractivity contribution in [1.29, 1.82) is 0 Å². The highest BCUT2D eigenvalue weighted by atomic mass is 16.5. The van der Waals surface area contributed by atoms with Crippen LogP contribution < -0.4 is 0 Å². The highest BCUT2D eigenvalue weighted by Crippen LogP contribution is 2.36. The quantitative estimate of drug-likeness (QED) is 0.648. The molecule has 2 nitrogen and oxygen atoms in total. The smallest absolute Gasteiger partial charge is 0.0805 e. The molecule has 0 radical (unpaired) electrons. The number of hydrogen-bond acceptors (Lipinski definition) is 2. The van der Waals surface area contributed by atoms with Crippen LogP contribution in [-0.4, -0.2) is 25.9 Å². The summed E-state index contributed by atoms with van der Waals surface area (Å²) in [5.41, 5.74) is 0. The summed E-state index contributed by atoms with van der Waals surface area (Å²) < 4.78 is 11.5. The predicted molar refractivity (Wildman–Crippen MR) is 95.5 cm³/mol. The van der Waals surface area contributed by atoms with E-state index in [1.165, 1.54) is 64.2 Å². The van der Waals surface area contributed by atoms with Crippen molar-refractivity contribution in [3.05, 3.63) is 12.2 Å². The molecule has 1 aliphatic heterocycles. The van der Waals surface area contributed by atoms with Crippen molar-refractivity contribution in [3.63, 3.8) is 0 Å². The zero-order valence-corrected chi connectivity index (χ0v) is 15.2. The highest BCUT2D eigenvalue weighted by Gasteiger charge is 2.31. The van der Waals surface area contributed by atoms with Gasteiger partial charge >= 0.3 is 0 Å². The van der Waals surface area contributed by atoms with Gasteiger partial charge < -0.3 is 9.47 Å². The van der Waals surface area contributed by atoms with Gasteiger partial charge in [-0.3, -0.25) is 0 Å². The number of allylic oxidation sites excluding steroid dienone is 2. The Morgan fingerprint density at radius 3 is 1.91 bits per heavy atom. The summed E-state index contributed by atoms with van der Waals surface area (Å²) in [7, 11) is 1.80. The predicted octanol–water partition coefficient (Wildman–Crippen LogP) is 5.37. The van der Waals surface area contributed by atoms with Crippen molar-refractivity contribution in [1.82, 2.24) is 0 Å². The molecule has 132 valence electrons. The molecule has 23 heavy (non-hydrogen) atoms. The Bertz CT molecular complexity index is 354. The second-order valence-corrected chi connectivity index (χ2v) is 8.39. The summed E-state index contributed by atoms with van der Waals surface area (Å²) in [6.45, 7) is 3.21. The second-order valence-electron chi connectivity index (χ2n) is 8.39. The van der Waals surface area contributed by atoms with Crippen LogP contribution in [-0.2, 0) is 9.47 Å². The third-order valence-electron chi connectivity index (χ3n) is 6.66. The SMILES string of the molecule is COC1CCC(C2CCC(/C=C/C3CCC(C)CC3)CC2)OC1. The van der Waals surface area contributed by atoms with Crippen LogP contribution in [0.1, 0.15) is 71.1 Å². The topological polar surface area (TPSA) is 18.5 Å². The average Bonchev–Trinajstić information content (AvgIpc) is 2.62. The molecule has 3 fully saturated rings. The summed E-state index contributed by atoms with van der Waals surface area (Å²) in [5.74, 6) is 3.47. The molecule has 0 aromatic rings. The maximum absolute atomic E-state index is 6.08. The van der Waals surface area contributed by atoms with Gasteiger partial charge in [-0.2, -0.15) is 0 Å². The molecule has 0 amide bonds. The number of rotatable bonds is 4. The summed E-state index contributed by atoms with van der Waals surface area (Å²) in [4.78, 5) is 0. The molecule has 2 saturated carbocycles. The van der Waals surface area contributed by atoms with Crippen LogP contribution >= 0.6 is 0 Å². The minimum absolute atomic E-state index is 0.337. The normalized spacial score (nSPS) is 42.9. The van der Waals surface area contributed by atoms with Crippen LogP contribution in [0.4, 0.5) is 0 Å². The summed E-state index contributed by atoms with van der Waals surface area (Å²) in [6.07, 6.45) is 19.5. The van der Waals surface area contributed by atoms with Gasteiger partial charge in [0, 0.05) is 7.11 Å². The number of hydrogen-bond donors (Lipinski definition) is 0. The lowest BCUT2D eigenvalue weighted by molar-refractivity contribution is -0.0964. The first-order chi connectivity index (χ1) is 11.2. The van der Waals surface area contributed by atoms with E-state index in [2.05, 4.69) is 19.1 Å². The minimum Gasteiger partial charge on any atom is -0.379 e. The van der Waals surface area contributed by atoms with Gasteiger partial charge in [0.2, 0.25) is 0 Å². The lowest BCUT2D eigenvalue weighted by Crippen LogP contribution is -2.36. The Kier molecular flexibility index (Phi) is 6.59. The Labute approximate surface area is 143 Å². The van der Waals surface area contributed by atoms with E-state index in [-0.39, 0.29) is 0 Å². The molecule has 2 atom stereocenters. The van der Waals surface area contributed by atoms with Gasteiger partial charge in [-0.25, -0.2) is 0 Å². The maximum Gasteiger partial charge on any atom is 0.0805 e. The Morgan fingerprint density at radius 1 is 0.783 bits per heavy atom. The van der Waals surface area contributed by atoms with Gasteiger partial charge in [0.1, 0.15) is 0 Å². The van der Waals surface area contributed by atoms with Crippen molar-refractivity contribution < 1.29 is 9.47 Å². The average molecular weight is 321 g/mol. The molecule has 0 bridgehead atoms. The fraction of sp³-hybridized carbons (Fsp3) is 0.905. The molecule has 1 saturated heterocycles. The molecule has 0 N–H and O–H groups in total. The largest absolute Gasteiger partial charge is 0.379 e. The fourth-order valence-electron chi connectivity index (χ4n) is 4.81. The molecular weight excluding hydrogens is 284 g/mol. The van der Waals surface area contributed by atoms with E-state index < -0.39 is 0 Å². The third-order valence-corrected chi connectivity index (χ3v) is 6.66. The van der Waals surface area contributed by atoms with Gasteiger partial charge in [-0.15, -0.1) is 0 Å².